The Balaban J connectivity index is 2.08. The second-order valence-electron chi connectivity index (χ2n) is 3.65. The molecule has 5 heteroatoms. The van der Waals surface area contributed by atoms with Gasteiger partial charge in [0.25, 0.3) is 0 Å². The summed E-state index contributed by atoms with van der Waals surface area (Å²) >= 11 is 11.9. The van der Waals surface area contributed by atoms with Crippen LogP contribution < -0.4 is 5.32 Å². The van der Waals surface area contributed by atoms with Gasteiger partial charge in [-0.05, 0) is 19.2 Å². The lowest BCUT2D eigenvalue weighted by Crippen LogP contribution is -2.40. The largest absolute Gasteiger partial charge is 0.347 e. The monoisotopic (exact) mass is 261 g/mol. The minimum atomic E-state index is -0.394. The predicted molar refractivity (Wildman–Crippen MR) is 64.0 cm³/mol. The number of halogens is 2. The Kier molecular flexibility index (Phi) is 4.05. The minimum Gasteiger partial charge on any atom is -0.347 e. The molecule has 3 nitrogen and oxygen atoms in total. The van der Waals surface area contributed by atoms with Crippen molar-refractivity contribution in [2.75, 3.05) is 20.3 Å². The molecule has 0 atom stereocenters. The van der Waals surface area contributed by atoms with Gasteiger partial charge in [0.1, 0.15) is 0 Å². The summed E-state index contributed by atoms with van der Waals surface area (Å²) in [7, 11) is 1.88. The van der Waals surface area contributed by atoms with Gasteiger partial charge in [0.05, 0.1) is 24.3 Å². The molecule has 0 saturated carbocycles. The van der Waals surface area contributed by atoms with Gasteiger partial charge >= 0.3 is 0 Å². The van der Waals surface area contributed by atoms with Crippen LogP contribution in [0.4, 0.5) is 0 Å². The molecule has 1 aromatic rings. The molecule has 0 amide bonds. The molecule has 0 unspecified atom stereocenters. The number of nitrogens with one attached hydrogen (secondary N) is 1. The molecule has 88 valence electrons. The summed E-state index contributed by atoms with van der Waals surface area (Å²) in [5.41, 5.74) is 0.820. The van der Waals surface area contributed by atoms with Crippen LogP contribution in [0.15, 0.2) is 18.2 Å². The Morgan fingerprint density at radius 3 is 2.50 bits per heavy atom. The van der Waals surface area contributed by atoms with Crippen LogP contribution in [0.3, 0.4) is 0 Å². The normalized spacial score (nSPS) is 25.7. The van der Waals surface area contributed by atoms with E-state index in [0.717, 1.165) is 5.56 Å². The Bertz CT molecular complexity index is 365. The molecular formula is C11H13Cl2NO2. The average Bonchev–Trinajstić information content (AvgIpc) is 2.29. The highest BCUT2D eigenvalue weighted by molar-refractivity contribution is 6.35. The maximum atomic E-state index is 6.07. The molecule has 16 heavy (non-hydrogen) atoms. The summed E-state index contributed by atoms with van der Waals surface area (Å²) in [6, 6.07) is 5.53. The van der Waals surface area contributed by atoms with Gasteiger partial charge in [-0.15, -0.1) is 0 Å². The Morgan fingerprint density at radius 1 is 1.25 bits per heavy atom. The maximum absolute atomic E-state index is 6.07. The van der Waals surface area contributed by atoms with E-state index in [4.69, 9.17) is 32.7 Å². The van der Waals surface area contributed by atoms with Crippen LogP contribution in [0.25, 0.3) is 0 Å². The standard InChI is InChI=1S/C11H13Cl2NO2/c1-14-8-5-15-11(16-6-8)9-3-2-7(12)4-10(9)13/h2-4,8,11,14H,5-6H2,1H3. The molecule has 1 aliphatic rings. The van der Waals surface area contributed by atoms with Gasteiger partial charge in [-0.3, -0.25) is 0 Å². The lowest BCUT2D eigenvalue weighted by Gasteiger charge is -2.29. The Labute approximate surface area is 105 Å². The third kappa shape index (κ3) is 2.67. The van der Waals surface area contributed by atoms with Crippen molar-refractivity contribution >= 4 is 23.2 Å². The van der Waals surface area contributed by atoms with Gasteiger partial charge < -0.3 is 14.8 Å². The molecule has 1 aromatic carbocycles. The van der Waals surface area contributed by atoms with Crippen molar-refractivity contribution < 1.29 is 9.47 Å². The predicted octanol–water partition coefficient (Wildman–Crippen LogP) is 2.63. The minimum absolute atomic E-state index is 0.238. The highest BCUT2D eigenvalue weighted by atomic mass is 35.5. The molecule has 1 saturated heterocycles. The van der Waals surface area contributed by atoms with Crippen LogP contribution in [0, 0.1) is 0 Å². The molecule has 0 aliphatic carbocycles. The lowest BCUT2D eigenvalue weighted by atomic mass is 10.2. The van der Waals surface area contributed by atoms with Crippen LogP contribution in [0.1, 0.15) is 11.9 Å². The van der Waals surface area contributed by atoms with E-state index in [0.29, 0.717) is 23.3 Å². The van der Waals surface area contributed by atoms with E-state index in [9.17, 15) is 0 Å². The number of likely N-dealkylation sites (N-methyl/N-ethyl adjacent to an activating group) is 1. The molecule has 1 heterocycles. The maximum Gasteiger partial charge on any atom is 0.185 e. The van der Waals surface area contributed by atoms with Gasteiger partial charge in [0.15, 0.2) is 6.29 Å². The van der Waals surface area contributed by atoms with Gasteiger partial charge in [0, 0.05) is 10.6 Å². The van der Waals surface area contributed by atoms with Crippen LogP contribution >= 0.6 is 23.2 Å². The zero-order valence-corrected chi connectivity index (χ0v) is 10.4. The summed E-state index contributed by atoms with van der Waals surface area (Å²) < 4.78 is 11.2. The van der Waals surface area contributed by atoms with Crippen molar-refractivity contribution in [2.45, 2.75) is 12.3 Å². The van der Waals surface area contributed by atoms with Gasteiger partial charge in [0.2, 0.25) is 0 Å². The summed E-state index contributed by atoms with van der Waals surface area (Å²) in [5, 5.41) is 4.27. The van der Waals surface area contributed by atoms with E-state index in [-0.39, 0.29) is 6.04 Å². The van der Waals surface area contributed by atoms with E-state index >= 15 is 0 Å². The van der Waals surface area contributed by atoms with E-state index in [1.165, 1.54) is 0 Å². The second kappa shape index (κ2) is 5.34. The summed E-state index contributed by atoms with van der Waals surface area (Å²) in [6.07, 6.45) is -0.394. The summed E-state index contributed by atoms with van der Waals surface area (Å²) in [6.45, 7) is 1.22. The topological polar surface area (TPSA) is 30.5 Å². The van der Waals surface area contributed by atoms with E-state index in [1.54, 1.807) is 12.1 Å². The van der Waals surface area contributed by atoms with E-state index in [2.05, 4.69) is 5.32 Å². The van der Waals surface area contributed by atoms with Crippen molar-refractivity contribution in [1.82, 2.24) is 5.32 Å². The van der Waals surface area contributed by atoms with Gasteiger partial charge in [-0.1, -0.05) is 29.3 Å². The van der Waals surface area contributed by atoms with Crippen molar-refractivity contribution in [3.05, 3.63) is 33.8 Å². The third-order valence-electron chi connectivity index (χ3n) is 2.52. The van der Waals surface area contributed by atoms with Crippen LogP contribution in [0.2, 0.25) is 10.0 Å². The Morgan fingerprint density at radius 2 is 1.94 bits per heavy atom. The number of rotatable bonds is 2. The molecular weight excluding hydrogens is 249 g/mol. The third-order valence-corrected chi connectivity index (χ3v) is 3.08. The number of hydrogen-bond acceptors (Lipinski definition) is 3. The second-order valence-corrected chi connectivity index (χ2v) is 4.49. The highest BCUT2D eigenvalue weighted by Crippen LogP contribution is 2.30. The van der Waals surface area contributed by atoms with Crippen LogP contribution in [0.5, 0.6) is 0 Å². The first-order valence-electron chi connectivity index (χ1n) is 5.06. The quantitative estimate of drug-likeness (QED) is 0.888. The number of hydrogen-bond donors (Lipinski definition) is 1. The molecule has 0 bridgehead atoms. The van der Waals surface area contributed by atoms with Crippen molar-refractivity contribution in [1.29, 1.82) is 0 Å². The van der Waals surface area contributed by atoms with E-state index in [1.807, 2.05) is 13.1 Å². The first-order chi connectivity index (χ1) is 7.70. The lowest BCUT2D eigenvalue weighted by molar-refractivity contribution is -0.193. The fourth-order valence-corrected chi connectivity index (χ4v) is 2.04. The van der Waals surface area contributed by atoms with Crippen molar-refractivity contribution in [3.8, 4) is 0 Å². The van der Waals surface area contributed by atoms with Crippen molar-refractivity contribution in [2.24, 2.45) is 0 Å². The van der Waals surface area contributed by atoms with E-state index < -0.39 is 6.29 Å². The first kappa shape index (κ1) is 12.1. The first-order valence-corrected chi connectivity index (χ1v) is 5.81. The smallest absolute Gasteiger partial charge is 0.185 e. The molecule has 1 fully saturated rings. The van der Waals surface area contributed by atoms with Crippen LogP contribution in [-0.4, -0.2) is 26.3 Å². The highest BCUT2D eigenvalue weighted by Gasteiger charge is 2.24. The molecule has 2 rings (SSSR count). The molecule has 0 spiro atoms. The number of benzene rings is 1. The molecule has 1 N–H and O–H groups in total. The summed E-state index contributed by atoms with van der Waals surface area (Å²) in [4.78, 5) is 0. The number of ether oxygens (including phenoxy) is 2. The van der Waals surface area contributed by atoms with Gasteiger partial charge in [-0.25, -0.2) is 0 Å². The molecule has 0 radical (unpaired) electrons. The molecule has 0 aromatic heterocycles. The fourth-order valence-electron chi connectivity index (χ4n) is 1.54. The SMILES string of the molecule is CNC1COC(c2ccc(Cl)cc2Cl)OC1. The molecule has 1 aliphatic heterocycles. The van der Waals surface area contributed by atoms with Crippen molar-refractivity contribution in [3.63, 3.8) is 0 Å². The zero-order valence-electron chi connectivity index (χ0n) is 8.87. The van der Waals surface area contributed by atoms with Crippen LogP contribution in [-0.2, 0) is 9.47 Å². The Hall–Kier alpha value is -0.320. The van der Waals surface area contributed by atoms with Gasteiger partial charge in [-0.2, -0.15) is 0 Å². The zero-order chi connectivity index (χ0) is 11.5. The average molecular weight is 262 g/mol. The summed E-state index contributed by atoms with van der Waals surface area (Å²) in [5.74, 6) is 0. The fraction of sp³-hybridized carbons (Fsp3) is 0.455.